The molecule has 1 rings (SSSR count). The van der Waals surface area contributed by atoms with Gasteiger partial charge in [-0.3, -0.25) is 0 Å². The highest BCUT2D eigenvalue weighted by molar-refractivity contribution is 7.69. The molecule has 1 aliphatic rings. The van der Waals surface area contributed by atoms with Crippen molar-refractivity contribution in [1.82, 2.24) is 0 Å². The van der Waals surface area contributed by atoms with Crippen molar-refractivity contribution in [2.24, 2.45) is 5.50 Å². The van der Waals surface area contributed by atoms with Gasteiger partial charge in [-0.25, -0.2) is 4.89 Å². The van der Waals surface area contributed by atoms with E-state index in [0.29, 0.717) is 0 Å². The van der Waals surface area contributed by atoms with Gasteiger partial charge in [0.2, 0.25) is 7.64 Å². The molecule has 0 saturated carbocycles. The van der Waals surface area contributed by atoms with Crippen LogP contribution in [0.25, 0.3) is 0 Å². The van der Waals surface area contributed by atoms with Crippen molar-refractivity contribution in [3.8, 4) is 0 Å². The van der Waals surface area contributed by atoms with Crippen molar-refractivity contribution >= 4 is 7.64 Å². The maximum absolute atomic E-state index is 8.80. The van der Waals surface area contributed by atoms with Gasteiger partial charge in [0.05, 0.1) is 0 Å². The van der Waals surface area contributed by atoms with Crippen LogP contribution >= 0.6 is 7.64 Å². The minimum Gasteiger partial charge on any atom is -0.233 e. The van der Waals surface area contributed by atoms with Crippen molar-refractivity contribution in [2.75, 3.05) is 12.3 Å². The summed E-state index contributed by atoms with van der Waals surface area (Å²) in [4.78, 5) is 8.80. The van der Waals surface area contributed by atoms with Gasteiger partial charge in [0.25, 0.3) is 0 Å². The molecule has 1 heterocycles. The molecule has 1 aliphatic heterocycles. The lowest BCUT2D eigenvalue weighted by molar-refractivity contribution is 0.575. The second kappa shape index (κ2) is 1.16. The molecule has 0 unspecified atom stereocenters. The first-order valence-electron chi connectivity index (χ1n) is 2.09. The van der Waals surface area contributed by atoms with Gasteiger partial charge in [0.1, 0.15) is 12.3 Å². The number of nitrogens with two attached hydrogens (primary N) is 1. The van der Waals surface area contributed by atoms with E-state index in [-0.39, 0.29) is 0 Å². The lowest BCUT2D eigenvalue weighted by Crippen LogP contribution is -2.21. The summed E-state index contributed by atoms with van der Waals surface area (Å²) in [5, 5.41) is 0. The fourth-order valence-electron chi connectivity index (χ4n) is 0.482. The summed E-state index contributed by atoms with van der Waals surface area (Å²) in [5.41, 5.74) is 5.29. The molecule has 36 valence electrons. The average Bonchev–Trinajstić information content (AvgIpc) is 1.32. The van der Waals surface area contributed by atoms with E-state index in [0.717, 1.165) is 18.7 Å². The zero-order valence-electron chi connectivity index (χ0n) is 3.59. The number of rotatable bonds is 0. The van der Waals surface area contributed by atoms with E-state index in [2.05, 4.69) is 0 Å². The maximum atomic E-state index is 8.80. The largest absolute Gasteiger partial charge is 0.233 e. The molecule has 0 bridgehead atoms. The standard InChI is InChI=1S/C3H9NOP/c4-6(5)2-1-3-6/h5H,1-4H2/q+1. The summed E-state index contributed by atoms with van der Waals surface area (Å²) in [5.74, 6) is 0. The lowest BCUT2D eigenvalue weighted by Gasteiger charge is -2.21. The summed E-state index contributed by atoms with van der Waals surface area (Å²) in [6.45, 7) is 0. The monoisotopic (exact) mass is 106 g/mol. The van der Waals surface area contributed by atoms with E-state index in [1.54, 1.807) is 0 Å². The van der Waals surface area contributed by atoms with Crippen LogP contribution in [-0.2, 0) is 0 Å². The van der Waals surface area contributed by atoms with Crippen LogP contribution in [0.2, 0.25) is 0 Å². The first-order valence-corrected chi connectivity index (χ1v) is 4.27. The van der Waals surface area contributed by atoms with Crippen molar-refractivity contribution in [3.63, 3.8) is 0 Å². The molecule has 2 nitrogen and oxygen atoms in total. The second-order valence-corrected chi connectivity index (χ2v) is 4.66. The Labute approximate surface area is 37.8 Å². The van der Waals surface area contributed by atoms with Gasteiger partial charge in [-0.15, -0.1) is 0 Å². The predicted octanol–water partition coefficient (Wildman–Crippen LogP) is 0.189. The van der Waals surface area contributed by atoms with Gasteiger partial charge in [-0.1, -0.05) is 0 Å². The Kier molecular flexibility index (Phi) is 0.870. The highest BCUT2D eigenvalue weighted by Gasteiger charge is 2.38. The van der Waals surface area contributed by atoms with E-state index in [4.69, 9.17) is 10.4 Å². The van der Waals surface area contributed by atoms with E-state index < -0.39 is 7.64 Å². The first kappa shape index (κ1) is 4.51. The van der Waals surface area contributed by atoms with Gasteiger partial charge in [0.15, 0.2) is 0 Å². The summed E-state index contributed by atoms with van der Waals surface area (Å²) in [7, 11) is -1.72. The maximum Gasteiger partial charge on any atom is 0.206 e. The van der Waals surface area contributed by atoms with E-state index in [9.17, 15) is 0 Å². The molecule has 0 aliphatic carbocycles. The fourth-order valence-corrected chi connectivity index (χ4v) is 1.45. The Morgan fingerprint density at radius 1 is 1.50 bits per heavy atom. The van der Waals surface area contributed by atoms with Crippen LogP contribution in [0.3, 0.4) is 0 Å². The third-order valence-corrected chi connectivity index (χ3v) is 3.27. The Bertz CT molecular complexity index is 57.8. The van der Waals surface area contributed by atoms with Gasteiger partial charge in [-0.2, -0.15) is 5.50 Å². The SMILES string of the molecule is N[P+]1(O)CCC1. The van der Waals surface area contributed by atoms with Crippen LogP contribution in [0.15, 0.2) is 0 Å². The van der Waals surface area contributed by atoms with Crippen LogP contribution in [0.5, 0.6) is 0 Å². The molecule has 0 aromatic carbocycles. The molecule has 0 radical (unpaired) electrons. The van der Waals surface area contributed by atoms with Crippen LogP contribution in [-0.4, -0.2) is 17.2 Å². The Morgan fingerprint density at radius 2 is 1.83 bits per heavy atom. The molecule has 3 N–H and O–H groups in total. The first-order chi connectivity index (χ1) is 2.71. The summed E-state index contributed by atoms with van der Waals surface area (Å²) < 4.78 is 0. The molecule has 1 fully saturated rings. The summed E-state index contributed by atoms with van der Waals surface area (Å²) in [6, 6.07) is 0. The van der Waals surface area contributed by atoms with Crippen LogP contribution < -0.4 is 5.50 Å². The van der Waals surface area contributed by atoms with Crippen molar-refractivity contribution in [3.05, 3.63) is 0 Å². The zero-order chi connectivity index (χ0) is 4.62. The zero-order valence-corrected chi connectivity index (χ0v) is 4.49. The Morgan fingerprint density at radius 3 is 1.83 bits per heavy atom. The third-order valence-electron chi connectivity index (χ3n) is 1.09. The molecule has 1 saturated heterocycles. The fraction of sp³-hybridized carbons (Fsp3) is 1.00. The minimum atomic E-state index is -1.72. The summed E-state index contributed by atoms with van der Waals surface area (Å²) in [6.07, 6.45) is 2.93. The predicted molar refractivity (Wildman–Crippen MR) is 27.7 cm³/mol. The Hall–Kier alpha value is 0.350. The topological polar surface area (TPSA) is 46.2 Å². The quantitative estimate of drug-likeness (QED) is 0.433. The van der Waals surface area contributed by atoms with Crippen molar-refractivity contribution in [2.45, 2.75) is 6.42 Å². The average molecular weight is 106 g/mol. The molecule has 0 atom stereocenters. The molecule has 0 amide bonds. The normalized spacial score (nSPS) is 29.0. The lowest BCUT2D eigenvalue weighted by atomic mass is 10.5. The summed E-state index contributed by atoms with van der Waals surface area (Å²) >= 11 is 0. The highest BCUT2D eigenvalue weighted by Crippen LogP contribution is 2.54. The van der Waals surface area contributed by atoms with Crippen molar-refractivity contribution < 1.29 is 4.89 Å². The van der Waals surface area contributed by atoms with E-state index >= 15 is 0 Å². The molecule has 0 aromatic rings. The van der Waals surface area contributed by atoms with Crippen LogP contribution in [0, 0.1) is 0 Å². The number of hydrogen-bond donors (Lipinski definition) is 2. The molecule has 0 aromatic heterocycles. The van der Waals surface area contributed by atoms with E-state index in [1.165, 1.54) is 0 Å². The molecule has 0 spiro atoms. The second-order valence-electron chi connectivity index (χ2n) is 1.79. The molecule has 3 heteroatoms. The van der Waals surface area contributed by atoms with Crippen LogP contribution in [0.1, 0.15) is 6.42 Å². The van der Waals surface area contributed by atoms with E-state index in [1.807, 2.05) is 0 Å². The Balaban J connectivity index is 2.31. The highest BCUT2D eigenvalue weighted by atomic mass is 31.2. The molecular weight excluding hydrogens is 97.0 g/mol. The van der Waals surface area contributed by atoms with Gasteiger partial charge < -0.3 is 0 Å². The third kappa shape index (κ3) is 0.700. The van der Waals surface area contributed by atoms with Crippen LogP contribution in [0.4, 0.5) is 0 Å². The van der Waals surface area contributed by atoms with Gasteiger partial charge in [0, 0.05) is 6.42 Å². The van der Waals surface area contributed by atoms with Crippen molar-refractivity contribution in [1.29, 1.82) is 0 Å². The molecule has 6 heavy (non-hydrogen) atoms. The minimum absolute atomic E-state index is 0.896. The van der Waals surface area contributed by atoms with Gasteiger partial charge >= 0.3 is 0 Å². The smallest absolute Gasteiger partial charge is 0.206 e. The number of hydrogen-bond acceptors (Lipinski definition) is 2. The van der Waals surface area contributed by atoms with Gasteiger partial charge in [-0.05, 0) is 0 Å². The molecular formula is C3H9NOP+.